The van der Waals surface area contributed by atoms with Gasteiger partial charge in [0.05, 0.1) is 12.5 Å². The van der Waals surface area contributed by atoms with E-state index in [0.717, 1.165) is 30.4 Å². The summed E-state index contributed by atoms with van der Waals surface area (Å²) in [6.07, 6.45) is 6.93. The van der Waals surface area contributed by atoms with Crippen molar-refractivity contribution in [3.05, 3.63) is 58.5 Å². The Morgan fingerprint density at radius 1 is 1.20 bits per heavy atom. The van der Waals surface area contributed by atoms with Crippen LogP contribution in [0.15, 0.2) is 51.7 Å². The summed E-state index contributed by atoms with van der Waals surface area (Å²) >= 11 is 3.55. The molecule has 2 aromatic rings. The lowest BCUT2D eigenvalue weighted by atomic mass is 9.93. The van der Waals surface area contributed by atoms with Crippen LogP contribution in [0.3, 0.4) is 0 Å². The number of benzene rings is 1. The van der Waals surface area contributed by atoms with E-state index in [9.17, 15) is 0 Å². The first kappa shape index (κ1) is 15.3. The fourth-order valence-electron chi connectivity index (χ4n) is 2.44. The Bertz CT molecular complexity index is 495. The van der Waals surface area contributed by atoms with Crippen molar-refractivity contribution in [2.45, 2.75) is 26.2 Å². The second kappa shape index (κ2) is 8.28. The van der Waals surface area contributed by atoms with Crippen molar-refractivity contribution in [3.8, 4) is 0 Å². The molecule has 1 heterocycles. The van der Waals surface area contributed by atoms with Crippen LogP contribution in [0.25, 0.3) is 0 Å². The monoisotopic (exact) mass is 335 g/mol. The molecule has 1 aromatic heterocycles. The molecule has 2 nitrogen and oxygen atoms in total. The molecule has 20 heavy (non-hydrogen) atoms. The number of hydrogen-bond donors (Lipinski definition) is 1. The molecule has 0 spiro atoms. The summed E-state index contributed by atoms with van der Waals surface area (Å²) < 4.78 is 6.33. The van der Waals surface area contributed by atoms with Crippen LogP contribution in [0, 0.1) is 5.92 Å². The Morgan fingerprint density at radius 2 is 2.05 bits per heavy atom. The topological polar surface area (TPSA) is 25.2 Å². The molecule has 1 atom stereocenters. The van der Waals surface area contributed by atoms with Gasteiger partial charge in [-0.25, -0.2) is 0 Å². The zero-order valence-corrected chi connectivity index (χ0v) is 13.5. The van der Waals surface area contributed by atoms with Crippen LogP contribution in [-0.4, -0.2) is 13.1 Å². The zero-order chi connectivity index (χ0) is 14.2. The normalized spacial score (nSPS) is 12.5. The Balaban J connectivity index is 1.97. The van der Waals surface area contributed by atoms with Crippen LogP contribution in [0.2, 0.25) is 0 Å². The molecule has 0 aliphatic heterocycles. The van der Waals surface area contributed by atoms with E-state index in [1.54, 1.807) is 6.26 Å². The first-order valence-corrected chi connectivity index (χ1v) is 8.03. The third kappa shape index (κ3) is 5.14. The van der Waals surface area contributed by atoms with E-state index in [1.807, 2.05) is 6.26 Å². The number of nitrogens with one attached hydrogen (secondary N) is 1. The lowest BCUT2D eigenvalue weighted by Crippen LogP contribution is -2.26. The molecule has 1 unspecified atom stereocenters. The van der Waals surface area contributed by atoms with E-state index in [1.165, 1.54) is 17.5 Å². The van der Waals surface area contributed by atoms with Gasteiger partial charge in [0.1, 0.15) is 0 Å². The van der Waals surface area contributed by atoms with Gasteiger partial charge in [0.15, 0.2) is 0 Å². The maximum absolute atomic E-state index is 5.18. The Hall–Kier alpha value is -1.06. The Kier molecular flexibility index (Phi) is 6.34. The van der Waals surface area contributed by atoms with E-state index in [2.05, 4.69) is 58.5 Å². The maximum Gasteiger partial charge on any atom is 0.0934 e. The maximum atomic E-state index is 5.18. The highest BCUT2D eigenvalue weighted by Gasteiger charge is 2.11. The summed E-state index contributed by atoms with van der Waals surface area (Å²) in [7, 11) is 0. The van der Waals surface area contributed by atoms with Gasteiger partial charge in [0.25, 0.3) is 0 Å². The molecule has 1 aromatic carbocycles. The predicted octanol–water partition coefficient (Wildman–Crippen LogP) is 4.44. The van der Waals surface area contributed by atoms with Crippen LogP contribution >= 0.6 is 15.9 Å². The summed E-state index contributed by atoms with van der Waals surface area (Å²) in [6.45, 7) is 4.33. The minimum atomic E-state index is 0.591. The number of hydrogen-bond acceptors (Lipinski definition) is 2. The van der Waals surface area contributed by atoms with Crippen molar-refractivity contribution in [3.63, 3.8) is 0 Å². The molecule has 0 saturated heterocycles. The van der Waals surface area contributed by atoms with Gasteiger partial charge in [-0.2, -0.15) is 0 Å². The van der Waals surface area contributed by atoms with Crippen LogP contribution in [0.4, 0.5) is 0 Å². The van der Waals surface area contributed by atoms with Crippen LogP contribution in [0.5, 0.6) is 0 Å². The van der Waals surface area contributed by atoms with E-state index in [4.69, 9.17) is 4.42 Å². The Labute approximate surface area is 129 Å². The van der Waals surface area contributed by atoms with Gasteiger partial charge in [-0.05, 0) is 67.6 Å². The highest BCUT2D eigenvalue weighted by molar-refractivity contribution is 9.10. The van der Waals surface area contributed by atoms with Crippen molar-refractivity contribution in [1.29, 1.82) is 0 Å². The number of furan rings is 1. The molecule has 1 N–H and O–H groups in total. The second-order valence-corrected chi connectivity index (χ2v) is 6.16. The average molecular weight is 336 g/mol. The smallest absolute Gasteiger partial charge is 0.0934 e. The number of rotatable bonds is 8. The largest absolute Gasteiger partial charge is 0.472 e. The summed E-state index contributed by atoms with van der Waals surface area (Å²) in [4.78, 5) is 0. The summed E-state index contributed by atoms with van der Waals surface area (Å²) in [6, 6.07) is 10.7. The van der Waals surface area contributed by atoms with Crippen molar-refractivity contribution in [2.24, 2.45) is 5.92 Å². The first-order valence-electron chi connectivity index (χ1n) is 7.24. The second-order valence-electron chi connectivity index (χ2n) is 5.24. The first-order chi connectivity index (χ1) is 9.78. The molecular weight excluding hydrogens is 314 g/mol. The molecule has 0 aliphatic rings. The molecule has 0 fully saturated rings. The number of halogens is 1. The van der Waals surface area contributed by atoms with Gasteiger partial charge in [0.2, 0.25) is 0 Å². The summed E-state index contributed by atoms with van der Waals surface area (Å²) in [5, 5.41) is 3.54. The van der Waals surface area contributed by atoms with Crippen LogP contribution in [-0.2, 0) is 12.8 Å². The molecule has 108 valence electrons. The highest BCUT2D eigenvalue weighted by Crippen LogP contribution is 2.18. The minimum absolute atomic E-state index is 0.591. The molecular formula is C17H22BrNO. The van der Waals surface area contributed by atoms with E-state index in [-0.39, 0.29) is 0 Å². The van der Waals surface area contributed by atoms with E-state index < -0.39 is 0 Å². The van der Waals surface area contributed by atoms with Crippen molar-refractivity contribution in [2.75, 3.05) is 13.1 Å². The van der Waals surface area contributed by atoms with E-state index >= 15 is 0 Å². The SMILES string of the molecule is CCCNCC(Cc1ccoc1)Cc1cccc(Br)c1. The van der Waals surface area contributed by atoms with Gasteiger partial charge < -0.3 is 9.73 Å². The van der Waals surface area contributed by atoms with E-state index in [0.29, 0.717) is 5.92 Å². The molecule has 0 bridgehead atoms. The van der Waals surface area contributed by atoms with Crippen LogP contribution < -0.4 is 5.32 Å². The predicted molar refractivity (Wildman–Crippen MR) is 86.9 cm³/mol. The van der Waals surface area contributed by atoms with Gasteiger partial charge in [-0.15, -0.1) is 0 Å². The van der Waals surface area contributed by atoms with Crippen molar-refractivity contribution < 1.29 is 4.42 Å². The van der Waals surface area contributed by atoms with Gasteiger partial charge in [-0.3, -0.25) is 0 Å². The summed E-state index contributed by atoms with van der Waals surface area (Å²) in [5.74, 6) is 0.591. The molecule has 0 radical (unpaired) electrons. The molecule has 3 heteroatoms. The van der Waals surface area contributed by atoms with Gasteiger partial charge in [-0.1, -0.05) is 35.0 Å². The fourth-order valence-corrected chi connectivity index (χ4v) is 2.89. The zero-order valence-electron chi connectivity index (χ0n) is 11.9. The highest BCUT2D eigenvalue weighted by atomic mass is 79.9. The van der Waals surface area contributed by atoms with Gasteiger partial charge >= 0.3 is 0 Å². The lowest BCUT2D eigenvalue weighted by molar-refractivity contribution is 0.467. The molecule has 0 saturated carbocycles. The minimum Gasteiger partial charge on any atom is -0.472 e. The quantitative estimate of drug-likeness (QED) is 0.721. The molecule has 0 amide bonds. The summed E-state index contributed by atoms with van der Waals surface area (Å²) in [5.41, 5.74) is 2.66. The molecule has 0 aliphatic carbocycles. The van der Waals surface area contributed by atoms with Crippen molar-refractivity contribution >= 4 is 15.9 Å². The third-order valence-corrected chi connectivity index (χ3v) is 3.87. The van der Waals surface area contributed by atoms with Crippen LogP contribution in [0.1, 0.15) is 24.5 Å². The van der Waals surface area contributed by atoms with Gasteiger partial charge in [0, 0.05) is 4.47 Å². The van der Waals surface area contributed by atoms with Crippen molar-refractivity contribution in [1.82, 2.24) is 5.32 Å². The fraction of sp³-hybridized carbons (Fsp3) is 0.412. The Morgan fingerprint density at radius 3 is 2.75 bits per heavy atom. The third-order valence-electron chi connectivity index (χ3n) is 3.38. The average Bonchev–Trinajstić information content (AvgIpc) is 2.92. The molecule has 2 rings (SSSR count). The lowest BCUT2D eigenvalue weighted by Gasteiger charge is -2.17. The standard InChI is InChI=1S/C17H22BrNO/c1-2-7-19-12-16(10-15-6-8-20-13-15)9-14-4-3-5-17(18)11-14/h3-6,8,11,13,16,19H,2,7,9-10,12H2,1H3.